The van der Waals surface area contributed by atoms with Crippen LogP contribution < -0.4 is 5.32 Å². The lowest BCUT2D eigenvalue weighted by molar-refractivity contribution is -0.152. The van der Waals surface area contributed by atoms with Gasteiger partial charge in [-0.25, -0.2) is 0 Å². The van der Waals surface area contributed by atoms with Crippen LogP contribution in [0.4, 0.5) is 0 Å². The summed E-state index contributed by atoms with van der Waals surface area (Å²) in [5.41, 5.74) is 2.43. The number of carbonyl (C=O) groups is 4. The fourth-order valence-corrected chi connectivity index (χ4v) is 6.44. The van der Waals surface area contributed by atoms with E-state index in [4.69, 9.17) is 0 Å². The number of phenols is 2. The lowest BCUT2D eigenvalue weighted by Crippen LogP contribution is -2.59. The Morgan fingerprint density at radius 2 is 1.18 bits per heavy atom. The van der Waals surface area contributed by atoms with E-state index < -0.39 is 30.1 Å². The van der Waals surface area contributed by atoms with Gasteiger partial charge in [0.15, 0.2) is 5.78 Å². The summed E-state index contributed by atoms with van der Waals surface area (Å²) >= 11 is 0. The Labute approximate surface area is 289 Å². The molecule has 49 heavy (non-hydrogen) atoms. The topological polar surface area (TPSA) is 134 Å². The van der Waals surface area contributed by atoms with Crippen molar-refractivity contribution in [2.24, 2.45) is 0 Å². The SMILES string of the molecule is CNCC(=O)C1CCCN1C(=O)C(Cc1ccccc1)N(C)C(=O)C(Cc1ccc(O)cc1)N(C)C(=O)C(Cc1ccc(O)cc1)N(C)C. The number of phenolic OH excluding ortho intramolecular Hbond substituents is 2. The molecule has 1 saturated heterocycles. The summed E-state index contributed by atoms with van der Waals surface area (Å²) in [5, 5.41) is 22.6. The van der Waals surface area contributed by atoms with Gasteiger partial charge in [-0.15, -0.1) is 0 Å². The van der Waals surface area contributed by atoms with Gasteiger partial charge >= 0.3 is 0 Å². The lowest BCUT2D eigenvalue weighted by atomic mass is 9.98. The molecule has 4 atom stereocenters. The molecule has 1 aliphatic rings. The largest absolute Gasteiger partial charge is 0.508 e. The van der Waals surface area contributed by atoms with Crippen LogP contribution >= 0.6 is 0 Å². The molecule has 0 spiro atoms. The third-order valence-corrected chi connectivity index (χ3v) is 9.37. The van der Waals surface area contributed by atoms with Crippen molar-refractivity contribution in [3.63, 3.8) is 0 Å². The number of nitrogens with one attached hydrogen (secondary N) is 1. The number of likely N-dealkylation sites (tertiary alicyclic amines) is 1. The van der Waals surface area contributed by atoms with Gasteiger partial charge in [0.1, 0.15) is 23.6 Å². The maximum absolute atomic E-state index is 14.7. The second kappa shape index (κ2) is 17.1. The number of hydrogen-bond donors (Lipinski definition) is 3. The molecule has 0 aliphatic carbocycles. The molecule has 0 radical (unpaired) electrons. The highest BCUT2D eigenvalue weighted by molar-refractivity contribution is 5.96. The van der Waals surface area contributed by atoms with Gasteiger partial charge in [0, 0.05) is 33.5 Å². The van der Waals surface area contributed by atoms with Crippen molar-refractivity contribution in [3.8, 4) is 11.5 Å². The molecule has 1 fully saturated rings. The highest BCUT2D eigenvalue weighted by Crippen LogP contribution is 2.24. The predicted molar refractivity (Wildman–Crippen MR) is 188 cm³/mol. The summed E-state index contributed by atoms with van der Waals surface area (Å²) in [7, 11) is 8.50. The molecular formula is C38H49N5O6. The molecule has 4 unspecified atom stereocenters. The van der Waals surface area contributed by atoms with E-state index in [1.54, 1.807) is 81.4 Å². The van der Waals surface area contributed by atoms with Crippen molar-refractivity contribution in [1.82, 2.24) is 24.9 Å². The number of aromatic hydroxyl groups is 2. The number of Topliss-reactive ketones (excluding diaryl/α,β-unsaturated/α-hetero) is 1. The number of benzene rings is 3. The van der Waals surface area contributed by atoms with Gasteiger partial charge in [-0.05, 0) is 81.4 Å². The van der Waals surface area contributed by atoms with E-state index in [0.29, 0.717) is 25.8 Å². The van der Waals surface area contributed by atoms with Crippen LogP contribution in [0.1, 0.15) is 29.5 Å². The molecule has 1 heterocycles. The van der Waals surface area contributed by atoms with E-state index in [1.807, 2.05) is 30.3 Å². The summed E-state index contributed by atoms with van der Waals surface area (Å²) in [4.78, 5) is 62.7. The summed E-state index contributed by atoms with van der Waals surface area (Å²) in [6.45, 7) is 0.564. The molecule has 3 aromatic carbocycles. The molecule has 3 N–H and O–H groups in total. The van der Waals surface area contributed by atoms with Gasteiger partial charge in [0.05, 0.1) is 18.6 Å². The van der Waals surface area contributed by atoms with Crippen molar-refractivity contribution in [3.05, 3.63) is 95.6 Å². The van der Waals surface area contributed by atoms with E-state index >= 15 is 0 Å². The Kier molecular flexibility index (Phi) is 12.9. The Hall–Kier alpha value is -4.74. The number of rotatable bonds is 15. The first-order chi connectivity index (χ1) is 23.4. The van der Waals surface area contributed by atoms with Crippen LogP contribution in [0, 0.1) is 0 Å². The van der Waals surface area contributed by atoms with Crippen LogP contribution in [-0.2, 0) is 38.4 Å². The van der Waals surface area contributed by atoms with E-state index in [-0.39, 0.29) is 48.5 Å². The molecule has 0 bridgehead atoms. The van der Waals surface area contributed by atoms with E-state index in [9.17, 15) is 29.4 Å². The maximum atomic E-state index is 14.7. The summed E-state index contributed by atoms with van der Waals surface area (Å²) in [6, 6.07) is 19.5. The Bertz CT molecular complexity index is 1560. The third-order valence-electron chi connectivity index (χ3n) is 9.37. The second-order valence-corrected chi connectivity index (χ2v) is 13.0. The average Bonchev–Trinajstić information content (AvgIpc) is 3.59. The van der Waals surface area contributed by atoms with Crippen LogP contribution in [-0.4, -0.2) is 126 Å². The molecule has 3 aromatic rings. The number of likely N-dealkylation sites (N-methyl/N-ethyl adjacent to an activating group) is 4. The van der Waals surface area contributed by atoms with Crippen molar-refractivity contribution in [2.75, 3.05) is 48.3 Å². The molecule has 11 nitrogen and oxygen atoms in total. The first kappa shape index (κ1) is 37.1. The zero-order valence-electron chi connectivity index (χ0n) is 29.1. The maximum Gasteiger partial charge on any atom is 0.246 e. The molecule has 1 aliphatic heterocycles. The second-order valence-electron chi connectivity index (χ2n) is 13.0. The lowest BCUT2D eigenvalue weighted by Gasteiger charge is -2.38. The molecule has 0 aromatic heterocycles. The van der Waals surface area contributed by atoms with Crippen LogP contribution in [0.2, 0.25) is 0 Å². The average molecular weight is 672 g/mol. The van der Waals surface area contributed by atoms with Crippen LogP contribution in [0.25, 0.3) is 0 Å². The Morgan fingerprint density at radius 1 is 0.714 bits per heavy atom. The molecule has 3 amide bonds. The first-order valence-electron chi connectivity index (χ1n) is 16.7. The van der Waals surface area contributed by atoms with Gasteiger partial charge < -0.3 is 30.2 Å². The minimum Gasteiger partial charge on any atom is -0.508 e. The summed E-state index contributed by atoms with van der Waals surface area (Å²) in [5.74, 6) is -0.870. The fraction of sp³-hybridized carbons (Fsp3) is 0.421. The third kappa shape index (κ3) is 9.45. The molecule has 262 valence electrons. The normalized spacial score (nSPS) is 16.2. The van der Waals surface area contributed by atoms with Crippen molar-refractivity contribution in [2.45, 2.75) is 56.3 Å². The summed E-state index contributed by atoms with van der Waals surface area (Å²) < 4.78 is 0. The monoisotopic (exact) mass is 671 g/mol. The van der Waals surface area contributed by atoms with Gasteiger partial charge in [-0.1, -0.05) is 54.6 Å². The smallest absolute Gasteiger partial charge is 0.246 e. The van der Waals surface area contributed by atoms with Crippen LogP contribution in [0.5, 0.6) is 11.5 Å². The zero-order valence-corrected chi connectivity index (χ0v) is 29.1. The molecule has 11 heteroatoms. The highest BCUT2D eigenvalue weighted by atomic mass is 16.3. The van der Waals surface area contributed by atoms with Crippen LogP contribution in [0.15, 0.2) is 78.9 Å². The van der Waals surface area contributed by atoms with Gasteiger partial charge in [0.25, 0.3) is 0 Å². The van der Waals surface area contributed by atoms with E-state index in [0.717, 1.165) is 16.7 Å². The Morgan fingerprint density at radius 3 is 1.71 bits per heavy atom. The van der Waals surface area contributed by atoms with E-state index in [1.165, 1.54) is 21.9 Å². The van der Waals surface area contributed by atoms with Crippen molar-refractivity contribution in [1.29, 1.82) is 0 Å². The predicted octanol–water partition coefficient (Wildman–Crippen LogP) is 2.49. The van der Waals surface area contributed by atoms with Gasteiger partial charge in [-0.2, -0.15) is 0 Å². The molecule has 0 saturated carbocycles. The first-order valence-corrected chi connectivity index (χ1v) is 16.7. The molecular weight excluding hydrogens is 622 g/mol. The Balaban J connectivity index is 1.69. The number of amides is 3. The van der Waals surface area contributed by atoms with Crippen molar-refractivity contribution < 1.29 is 29.4 Å². The quantitative estimate of drug-likeness (QED) is 0.225. The van der Waals surface area contributed by atoms with Crippen molar-refractivity contribution >= 4 is 23.5 Å². The number of hydrogen-bond acceptors (Lipinski definition) is 8. The van der Waals surface area contributed by atoms with Gasteiger partial charge in [-0.3, -0.25) is 24.1 Å². The zero-order chi connectivity index (χ0) is 35.7. The van der Waals surface area contributed by atoms with Crippen LogP contribution in [0.3, 0.4) is 0 Å². The summed E-state index contributed by atoms with van der Waals surface area (Å²) in [6.07, 6.45) is 1.98. The minimum absolute atomic E-state index is 0.0697. The van der Waals surface area contributed by atoms with E-state index in [2.05, 4.69) is 5.32 Å². The highest BCUT2D eigenvalue weighted by Gasteiger charge is 2.42. The standard InChI is InChI=1S/C38H49N5O6/c1-39-25-35(46)31-12-9-21-43(31)38(49)34(23-26-10-7-6-8-11-26)42(5)37(48)33(24-28-15-19-30(45)20-16-28)41(4)36(47)32(40(2)3)22-27-13-17-29(44)18-14-27/h6-8,10-11,13-20,31-34,39,44-45H,9,12,21-25H2,1-5H3. The number of ketones is 1. The fourth-order valence-electron chi connectivity index (χ4n) is 6.44. The number of carbonyl (C=O) groups excluding carboxylic acids is 4. The van der Waals surface area contributed by atoms with Gasteiger partial charge in [0.2, 0.25) is 17.7 Å². The molecule has 4 rings (SSSR count). The number of nitrogens with zero attached hydrogens (tertiary/aromatic N) is 4. The minimum atomic E-state index is -0.990.